The van der Waals surface area contributed by atoms with E-state index in [9.17, 15) is 18.3 Å². The summed E-state index contributed by atoms with van der Waals surface area (Å²) in [6, 6.07) is 9.23. The Hall–Kier alpha value is -1.07. The molecule has 1 aliphatic heterocycles. The molecule has 2 nitrogen and oxygen atoms in total. The number of alkyl halides is 3. The summed E-state index contributed by atoms with van der Waals surface area (Å²) >= 11 is 0. The summed E-state index contributed by atoms with van der Waals surface area (Å²) in [6.45, 7) is 1.25. The van der Waals surface area contributed by atoms with Gasteiger partial charge < -0.3 is 10.0 Å². The summed E-state index contributed by atoms with van der Waals surface area (Å²) in [5, 5.41) is 10.0. The van der Waals surface area contributed by atoms with Crippen LogP contribution in [0.3, 0.4) is 0 Å². The Kier molecular flexibility index (Phi) is 5.05. The molecule has 0 spiro atoms. The Balaban J connectivity index is 1.82. The van der Waals surface area contributed by atoms with Gasteiger partial charge in [-0.2, -0.15) is 13.2 Å². The van der Waals surface area contributed by atoms with E-state index in [0.717, 1.165) is 5.56 Å². The third kappa shape index (κ3) is 4.21. The number of hydrogen-bond acceptors (Lipinski definition) is 2. The zero-order chi connectivity index (χ0) is 14.6. The maximum absolute atomic E-state index is 12.7. The monoisotopic (exact) mass is 287 g/mol. The van der Waals surface area contributed by atoms with Gasteiger partial charge in [-0.05, 0) is 31.4 Å². The van der Waals surface area contributed by atoms with Crippen LogP contribution in [-0.2, 0) is 0 Å². The topological polar surface area (TPSA) is 23.5 Å². The normalized spacial score (nSPS) is 22.7. The maximum atomic E-state index is 12.7. The van der Waals surface area contributed by atoms with E-state index in [1.54, 1.807) is 0 Å². The molecule has 2 atom stereocenters. The van der Waals surface area contributed by atoms with Crippen LogP contribution in [0.5, 0.6) is 0 Å². The fourth-order valence-corrected chi connectivity index (χ4v) is 2.67. The lowest BCUT2D eigenvalue weighted by molar-refractivity contribution is -0.186. The van der Waals surface area contributed by atoms with Crippen molar-refractivity contribution in [2.45, 2.75) is 31.5 Å². The molecule has 2 rings (SSSR count). The van der Waals surface area contributed by atoms with Crippen molar-refractivity contribution in [1.29, 1.82) is 0 Å². The standard InChI is InChI=1S/C15H20F3NO/c16-15(17,18)13-7-4-9-19(11-13)10-8-14(20)12-5-2-1-3-6-12/h1-3,5-6,13-14,20H,4,7-11H2. The minimum absolute atomic E-state index is 0.0605. The number of aliphatic hydroxyl groups excluding tert-OH is 1. The van der Waals surface area contributed by atoms with Crippen molar-refractivity contribution in [3.63, 3.8) is 0 Å². The highest BCUT2D eigenvalue weighted by atomic mass is 19.4. The van der Waals surface area contributed by atoms with Crippen LogP contribution >= 0.6 is 0 Å². The van der Waals surface area contributed by atoms with Gasteiger partial charge in [-0.15, -0.1) is 0 Å². The van der Waals surface area contributed by atoms with Gasteiger partial charge in [0.05, 0.1) is 12.0 Å². The van der Waals surface area contributed by atoms with Gasteiger partial charge in [0.2, 0.25) is 0 Å². The number of nitrogens with zero attached hydrogens (tertiary/aromatic N) is 1. The predicted molar refractivity (Wildman–Crippen MR) is 71.2 cm³/mol. The van der Waals surface area contributed by atoms with E-state index in [4.69, 9.17) is 0 Å². The van der Waals surface area contributed by atoms with Crippen LogP contribution < -0.4 is 0 Å². The molecule has 1 aromatic carbocycles. The summed E-state index contributed by atoms with van der Waals surface area (Å²) in [5.74, 6) is -1.22. The molecule has 20 heavy (non-hydrogen) atoms. The van der Waals surface area contributed by atoms with Gasteiger partial charge in [-0.25, -0.2) is 0 Å². The quantitative estimate of drug-likeness (QED) is 0.917. The molecule has 2 unspecified atom stereocenters. The third-order valence-corrected chi connectivity index (χ3v) is 3.87. The van der Waals surface area contributed by atoms with Crippen molar-refractivity contribution in [2.75, 3.05) is 19.6 Å². The van der Waals surface area contributed by atoms with E-state index < -0.39 is 18.2 Å². The first-order valence-electron chi connectivity index (χ1n) is 6.99. The first-order chi connectivity index (χ1) is 9.47. The summed E-state index contributed by atoms with van der Waals surface area (Å²) in [5.41, 5.74) is 0.817. The Labute approximate surface area is 117 Å². The van der Waals surface area contributed by atoms with E-state index in [1.165, 1.54) is 0 Å². The second-order valence-electron chi connectivity index (χ2n) is 5.40. The second-order valence-corrected chi connectivity index (χ2v) is 5.40. The lowest BCUT2D eigenvalue weighted by atomic mass is 9.97. The van der Waals surface area contributed by atoms with Gasteiger partial charge in [-0.1, -0.05) is 30.3 Å². The van der Waals surface area contributed by atoms with Gasteiger partial charge >= 0.3 is 6.18 Å². The summed E-state index contributed by atoms with van der Waals surface area (Å²) in [6.07, 6.45) is -3.44. The molecule has 0 saturated carbocycles. The molecular formula is C15H20F3NO. The molecule has 0 aliphatic carbocycles. The highest BCUT2D eigenvalue weighted by Gasteiger charge is 2.41. The number of rotatable bonds is 4. The molecule has 0 radical (unpaired) electrons. The first-order valence-corrected chi connectivity index (χ1v) is 6.99. The number of benzene rings is 1. The molecule has 5 heteroatoms. The van der Waals surface area contributed by atoms with Gasteiger partial charge in [-0.3, -0.25) is 0 Å². The molecule has 0 aromatic heterocycles. The van der Waals surface area contributed by atoms with Crippen LogP contribution in [0.1, 0.15) is 30.9 Å². The average molecular weight is 287 g/mol. The fraction of sp³-hybridized carbons (Fsp3) is 0.600. The van der Waals surface area contributed by atoms with E-state index in [2.05, 4.69) is 0 Å². The van der Waals surface area contributed by atoms with Crippen molar-refractivity contribution in [3.05, 3.63) is 35.9 Å². The summed E-state index contributed by atoms with van der Waals surface area (Å²) in [7, 11) is 0. The summed E-state index contributed by atoms with van der Waals surface area (Å²) in [4.78, 5) is 1.81. The number of hydrogen-bond donors (Lipinski definition) is 1. The van der Waals surface area contributed by atoms with Gasteiger partial charge in [0.15, 0.2) is 0 Å². The summed E-state index contributed by atoms with van der Waals surface area (Å²) < 4.78 is 38.1. The lowest BCUT2D eigenvalue weighted by Crippen LogP contribution is -2.42. The highest BCUT2D eigenvalue weighted by molar-refractivity contribution is 5.17. The van der Waals surface area contributed by atoms with Crippen molar-refractivity contribution in [3.8, 4) is 0 Å². The Morgan fingerprint density at radius 2 is 1.95 bits per heavy atom. The maximum Gasteiger partial charge on any atom is 0.393 e. The van der Waals surface area contributed by atoms with Crippen LogP contribution in [0.2, 0.25) is 0 Å². The molecular weight excluding hydrogens is 267 g/mol. The van der Waals surface area contributed by atoms with Crippen molar-refractivity contribution >= 4 is 0 Å². The molecule has 1 N–H and O–H groups in total. The van der Waals surface area contributed by atoms with Crippen molar-refractivity contribution in [2.24, 2.45) is 5.92 Å². The van der Waals surface area contributed by atoms with E-state index in [1.807, 2.05) is 35.2 Å². The van der Waals surface area contributed by atoms with E-state index >= 15 is 0 Å². The van der Waals surface area contributed by atoms with Gasteiger partial charge in [0, 0.05) is 13.1 Å². The second kappa shape index (κ2) is 6.59. The Morgan fingerprint density at radius 3 is 2.60 bits per heavy atom. The molecule has 1 aliphatic rings. The zero-order valence-corrected chi connectivity index (χ0v) is 11.3. The molecule has 1 fully saturated rings. The van der Waals surface area contributed by atoms with Crippen LogP contribution in [-0.4, -0.2) is 35.8 Å². The third-order valence-electron chi connectivity index (χ3n) is 3.87. The number of likely N-dealkylation sites (tertiary alicyclic amines) is 1. The fourth-order valence-electron chi connectivity index (χ4n) is 2.67. The molecule has 112 valence electrons. The lowest BCUT2D eigenvalue weighted by Gasteiger charge is -2.34. The van der Waals surface area contributed by atoms with Crippen molar-refractivity contribution < 1.29 is 18.3 Å². The molecule has 1 heterocycles. The number of aliphatic hydroxyl groups is 1. The molecule has 1 saturated heterocycles. The SMILES string of the molecule is OC(CCN1CCCC(C(F)(F)F)C1)c1ccccc1. The highest BCUT2D eigenvalue weighted by Crippen LogP contribution is 2.33. The Bertz CT molecular complexity index is 407. The van der Waals surface area contributed by atoms with Crippen LogP contribution in [0.15, 0.2) is 30.3 Å². The van der Waals surface area contributed by atoms with Crippen molar-refractivity contribution in [1.82, 2.24) is 4.90 Å². The molecule has 0 amide bonds. The van der Waals surface area contributed by atoms with E-state index in [0.29, 0.717) is 25.9 Å². The van der Waals surface area contributed by atoms with Crippen LogP contribution in [0.4, 0.5) is 13.2 Å². The van der Waals surface area contributed by atoms with Gasteiger partial charge in [0.25, 0.3) is 0 Å². The predicted octanol–water partition coefficient (Wildman–Crippen LogP) is 3.38. The Morgan fingerprint density at radius 1 is 1.25 bits per heavy atom. The van der Waals surface area contributed by atoms with Gasteiger partial charge in [0.1, 0.15) is 0 Å². The zero-order valence-electron chi connectivity index (χ0n) is 11.3. The van der Waals surface area contributed by atoms with E-state index in [-0.39, 0.29) is 13.0 Å². The number of halogens is 3. The molecule has 1 aromatic rings. The largest absolute Gasteiger partial charge is 0.393 e. The molecule has 0 bridgehead atoms. The first kappa shape index (κ1) is 15.3. The van der Waals surface area contributed by atoms with Crippen LogP contribution in [0.25, 0.3) is 0 Å². The number of piperidine rings is 1. The minimum atomic E-state index is -4.10. The minimum Gasteiger partial charge on any atom is -0.388 e. The average Bonchev–Trinajstić information content (AvgIpc) is 2.45. The van der Waals surface area contributed by atoms with Crippen LogP contribution in [0, 0.1) is 5.92 Å². The smallest absolute Gasteiger partial charge is 0.388 e.